The fourth-order valence-corrected chi connectivity index (χ4v) is 3.73. The predicted molar refractivity (Wildman–Crippen MR) is 74.4 cm³/mol. The Balaban J connectivity index is 1.97. The first-order valence-electron chi connectivity index (χ1n) is 6.58. The highest BCUT2D eigenvalue weighted by Crippen LogP contribution is 2.27. The quantitative estimate of drug-likeness (QED) is 0.842. The Bertz CT molecular complexity index is 331. The van der Waals surface area contributed by atoms with Gasteiger partial charge in [0.15, 0.2) is 0 Å². The van der Waals surface area contributed by atoms with E-state index in [2.05, 4.69) is 40.6 Å². The first-order chi connectivity index (χ1) is 8.31. The van der Waals surface area contributed by atoms with Crippen molar-refractivity contribution in [2.75, 3.05) is 18.1 Å². The molecule has 1 aliphatic heterocycles. The van der Waals surface area contributed by atoms with E-state index in [0.29, 0.717) is 6.04 Å². The third-order valence-corrected chi connectivity index (χ3v) is 4.70. The first kappa shape index (κ1) is 13.0. The number of imidazole rings is 1. The third kappa shape index (κ3) is 3.49. The molecule has 0 saturated carbocycles. The molecule has 1 aromatic rings. The maximum Gasteiger partial charge on any atom is 0.109 e. The van der Waals surface area contributed by atoms with E-state index in [4.69, 9.17) is 0 Å². The van der Waals surface area contributed by atoms with Gasteiger partial charge in [-0.2, -0.15) is 11.8 Å². The van der Waals surface area contributed by atoms with Crippen molar-refractivity contribution < 1.29 is 0 Å². The summed E-state index contributed by atoms with van der Waals surface area (Å²) in [5, 5.41) is 3.71. The van der Waals surface area contributed by atoms with E-state index in [1.54, 1.807) is 0 Å². The zero-order chi connectivity index (χ0) is 12.1. The minimum Gasteiger partial charge on any atom is -0.338 e. The number of aryl methyl sites for hydroxylation is 1. The Hall–Kier alpha value is -0.480. The van der Waals surface area contributed by atoms with Gasteiger partial charge in [0.2, 0.25) is 0 Å². The molecule has 0 radical (unpaired) electrons. The van der Waals surface area contributed by atoms with Gasteiger partial charge < -0.3 is 9.88 Å². The van der Waals surface area contributed by atoms with Gasteiger partial charge in [-0.15, -0.1) is 0 Å². The summed E-state index contributed by atoms with van der Waals surface area (Å²) in [6, 6.07) is 0.603. The Morgan fingerprint density at radius 3 is 3.12 bits per heavy atom. The van der Waals surface area contributed by atoms with Crippen molar-refractivity contribution in [3.05, 3.63) is 18.2 Å². The molecule has 0 aliphatic carbocycles. The summed E-state index contributed by atoms with van der Waals surface area (Å²) in [7, 11) is 2.09. The van der Waals surface area contributed by atoms with Crippen molar-refractivity contribution in [2.24, 2.45) is 13.0 Å². The van der Waals surface area contributed by atoms with E-state index in [1.165, 1.54) is 30.2 Å². The van der Waals surface area contributed by atoms with Crippen molar-refractivity contribution in [1.29, 1.82) is 0 Å². The minimum atomic E-state index is 0.603. The molecule has 1 saturated heterocycles. The lowest BCUT2D eigenvalue weighted by atomic mass is 9.96. The maximum atomic E-state index is 4.45. The molecule has 1 aliphatic rings. The van der Waals surface area contributed by atoms with Crippen LogP contribution in [0.5, 0.6) is 0 Å². The van der Waals surface area contributed by atoms with Crippen LogP contribution >= 0.6 is 11.8 Å². The van der Waals surface area contributed by atoms with Crippen LogP contribution in [0.1, 0.15) is 25.6 Å². The number of hydrogen-bond donors (Lipinski definition) is 1. The fourth-order valence-electron chi connectivity index (χ4n) is 2.40. The Morgan fingerprint density at radius 2 is 2.53 bits per heavy atom. The van der Waals surface area contributed by atoms with Crippen LogP contribution in [-0.4, -0.2) is 33.6 Å². The van der Waals surface area contributed by atoms with Crippen LogP contribution < -0.4 is 5.32 Å². The smallest absolute Gasteiger partial charge is 0.109 e. The summed E-state index contributed by atoms with van der Waals surface area (Å²) in [5.74, 6) is 4.67. The topological polar surface area (TPSA) is 29.9 Å². The van der Waals surface area contributed by atoms with E-state index < -0.39 is 0 Å². The Labute approximate surface area is 108 Å². The van der Waals surface area contributed by atoms with E-state index in [-0.39, 0.29) is 0 Å². The highest BCUT2D eigenvalue weighted by Gasteiger charge is 2.25. The van der Waals surface area contributed by atoms with Crippen molar-refractivity contribution in [1.82, 2.24) is 14.9 Å². The van der Waals surface area contributed by atoms with Crippen LogP contribution in [-0.2, 0) is 13.5 Å². The summed E-state index contributed by atoms with van der Waals surface area (Å²) < 4.78 is 2.14. The molecule has 96 valence electrons. The molecule has 1 N–H and O–H groups in total. The van der Waals surface area contributed by atoms with Crippen molar-refractivity contribution >= 4 is 11.8 Å². The van der Waals surface area contributed by atoms with E-state index >= 15 is 0 Å². The van der Waals surface area contributed by atoms with Crippen LogP contribution in [0.3, 0.4) is 0 Å². The molecule has 3 nitrogen and oxygen atoms in total. The van der Waals surface area contributed by atoms with Crippen LogP contribution in [0.2, 0.25) is 0 Å². The summed E-state index contributed by atoms with van der Waals surface area (Å²) in [6.07, 6.45) is 7.56. The first-order valence-corrected chi connectivity index (χ1v) is 7.74. The van der Waals surface area contributed by atoms with Gasteiger partial charge in [0.05, 0.1) is 0 Å². The zero-order valence-corrected chi connectivity index (χ0v) is 11.7. The second kappa shape index (κ2) is 6.45. The SMILES string of the molecule is CCCNC(Cc1nccn1C)C1CCSC1. The fraction of sp³-hybridized carbons (Fsp3) is 0.769. The van der Waals surface area contributed by atoms with Gasteiger partial charge in [0, 0.05) is 31.9 Å². The number of hydrogen-bond acceptors (Lipinski definition) is 3. The molecule has 2 heterocycles. The Morgan fingerprint density at radius 1 is 1.65 bits per heavy atom. The average Bonchev–Trinajstić information content (AvgIpc) is 2.96. The summed E-state index contributed by atoms with van der Waals surface area (Å²) in [5.41, 5.74) is 0. The number of thioether (sulfide) groups is 1. The van der Waals surface area contributed by atoms with Crippen molar-refractivity contribution in [3.63, 3.8) is 0 Å². The molecule has 2 atom stereocenters. The molecule has 2 unspecified atom stereocenters. The molecule has 2 rings (SSSR count). The van der Waals surface area contributed by atoms with Crippen LogP contribution in [0, 0.1) is 5.92 Å². The lowest BCUT2D eigenvalue weighted by Gasteiger charge is -2.24. The number of rotatable bonds is 6. The third-order valence-electron chi connectivity index (χ3n) is 3.51. The van der Waals surface area contributed by atoms with Crippen molar-refractivity contribution in [3.8, 4) is 0 Å². The highest BCUT2D eigenvalue weighted by molar-refractivity contribution is 7.99. The minimum absolute atomic E-state index is 0.603. The molecule has 0 bridgehead atoms. The van der Waals surface area contributed by atoms with Gasteiger partial charge in [-0.3, -0.25) is 0 Å². The molecular formula is C13H23N3S. The molecule has 17 heavy (non-hydrogen) atoms. The normalized spacial score (nSPS) is 21.9. The largest absolute Gasteiger partial charge is 0.338 e. The number of nitrogens with zero attached hydrogens (tertiary/aromatic N) is 2. The maximum absolute atomic E-state index is 4.45. The van der Waals surface area contributed by atoms with Crippen LogP contribution in [0.4, 0.5) is 0 Å². The lowest BCUT2D eigenvalue weighted by Crippen LogP contribution is -2.39. The molecule has 1 aromatic heterocycles. The highest BCUT2D eigenvalue weighted by atomic mass is 32.2. The molecule has 0 amide bonds. The van der Waals surface area contributed by atoms with E-state index in [1.807, 2.05) is 12.4 Å². The van der Waals surface area contributed by atoms with Gasteiger partial charge in [-0.25, -0.2) is 4.98 Å². The van der Waals surface area contributed by atoms with Gasteiger partial charge in [-0.1, -0.05) is 6.92 Å². The van der Waals surface area contributed by atoms with Gasteiger partial charge in [0.1, 0.15) is 5.82 Å². The summed E-state index contributed by atoms with van der Waals surface area (Å²) >= 11 is 2.09. The summed E-state index contributed by atoms with van der Waals surface area (Å²) in [6.45, 7) is 3.35. The number of aromatic nitrogens is 2. The second-order valence-electron chi connectivity index (χ2n) is 4.84. The Kier molecular flexibility index (Phi) is 4.92. The van der Waals surface area contributed by atoms with Crippen LogP contribution in [0.25, 0.3) is 0 Å². The number of nitrogens with one attached hydrogen (secondary N) is 1. The summed E-state index contributed by atoms with van der Waals surface area (Å²) in [4.78, 5) is 4.45. The molecular weight excluding hydrogens is 230 g/mol. The van der Waals surface area contributed by atoms with Crippen molar-refractivity contribution in [2.45, 2.75) is 32.2 Å². The van der Waals surface area contributed by atoms with E-state index in [9.17, 15) is 0 Å². The monoisotopic (exact) mass is 253 g/mol. The molecule has 1 fully saturated rings. The van der Waals surface area contributed by atoms with Gasteiger partial charge >= 0.3 is 0 Å². The van der Waals surface area contributed by atoms with Gasteiger partial charge in [-0.05, 0) is 36.8 Å². The molecule has 0 spiro atoms. The second-order valence-corrected chi connectivity index (χ2v) is 5.99. The predicted octanol–water partition coefficient (Wildman–Crippen LogP) is 2.08. The van der Waals surface area contributed by atoms with E-state index in [0.717, 1.165) is 18.9 Å². The van der Waals surface area contributed by atoms with Crippen LogP contribution in [0.15, 0.2) is 12.4 Å². The lowest BCUT2D eigenvalue weighted by molar-refractivity contribution is 0.372. The zero-order valence-electron chi connectivity index (χ0n) is 10.9. The molecule has 0 aromatic carbocycles. The standard InChI is InChI=1S/C13H23N3S/c1-3-5-14-12(11-4-8-17-10-11)9-13-15-6-7-16(13)2/h6-7,11-12,14H,3-5,8-10H2,1-2H3. The molecule has 4 heteroatoms. The van der Waals surface area contributed by atoms with Gasteiger partial charge in [0.25, 0.3) is 0 Å². The average molecular weight is 253 g/mol.